The number of anilines is 3. The molecule has 10 nitrogen and oxygen atoms in total. The Morgan fingerprint density at radius 2 is 1.81 bits per heavy atom. The second kappa shape index (κ2) is 12.8. The molecule has 3 aromatic rings. The molecule has 3 aliphatic heterocycles. The van der Waals surface area contributed by atoms with E-state index in [0.717, 1.165) is 22.9 Å². The summed E-state index contributed by atoms with van der Waals surface area (Å²) < 4.78 is 7.62. The van der Waals surface area contributed by atoms with E-state index in [9.17, 15) is 24.3 Å². The molecule has 6 rings (SSSR count). The van der Waals surface area contributed by atoms with E-state index in [2.05, 4.69) is 21.2 Å². The molecule has 3 aliphatic rings. The van der Waals surface area contributed by atoms with E-state index >= 15 is 0 Å². The van der Waals surface area contributed by atoms with Gasteiger partial charge in [-0.1, -0.05) is 35.0 Å². The van der Waals surface area contributed by atoms with Crippen LogP contribution in [0.1, 0.15) is 47.7 Å². The number of aliphatic hydroxyl groups is 1. The molecular formula is C35H41BrN4O6Si. The summed E-state index contributed by atoms with van der Waals surface area (Å²) in [6.45, 7) is 6.38. The molecule has 0 aromatic heterocycles. The van der Waals surface area contributed by atoms with Gasteiger partial charge >= 0.3 is 0 Å². The molecule has 0 unspecified atom stereocenters. The lowest BCUT2D eigenvalue weighted by atomic mass is 9.82. The van der Waals surface area contributed by atoms with E-state index in [0.29, 0.717) is 34.7 Å². The maximum absolute atomic E-state index is 14.7. The van der Waals surface area contributed by atoms with Gasteiger partial charge < -0.3 is 35.5 Å². The Morgan fingerprint density at radius 1 is 1.11 bits per heavy atom. The van der Waals surface area contributed by atoms with E-state index in [1.165, 1.54) is 0 Å². The van der Waals surface area contributed by atoms with E-state index in [-0.39, 0.29) is 48.9 Å². The number of nitrogen functional groups attached to an aromatic ring is 1. The van der Waals surface area contributed by atoms with Crippen LogP contribution in [0.4, 0.5) is 17.1 Å². The van der Waals surface area contributed by atoms with Crippen LogP contribution in [0.3, 0.4) is 0 Å². The third-order valence-corrected chi connectivity index (χ3v) is 13.0. The summed E-state index contributed by atoms with van der Waals surface area (Å²) in [6, 6.07) is 19.5. The number of benzene rings is 3. The van der Waals surface area contributed by atoms with E-state index in [4.69, 9.17) is 10.5 Å². The normalized spacial score (nSPS) is 25.4. The summed E-state index contributed by atoms with van der Waals surface area (Å²) in [5.74, 6) is -1.02. The predicted octanol–water partition coefficient (Wildman–Crippen LogP) is 5.00. The van der Waals surface area contributed by atoms with Crippen LogP contribution in [-0.4, -0.2) is 66.1 Å². The molecule has 1 spiro atoms. The fourth-order valence-corrected chi connectivity index (χ4v) is 10.7. The number of nitrogens with zero attached hydrogens (tertiary/aromatic N) is 2. The average Bonchev–Trinajstić information content (AvgIpc) is 3.69. The lowest BCUT2D eigenvalue weighted by Crippen LogP contribution is -2.46. The summed E-state index contributed by atoms with van der Waals surface area (Å²) in [6.07, 6.45) is 0.952. The molecule has 47 heavy (non-hydrogen) atoms. The number of likely N-dealkylation sites (tertiary alicyclic amines) is 1. The van der Waals surface area contributed by atoms with E-state index < -0.39 is 25.9 Å². The predicted molar refractivity (Wildman–Crippen MR) is 186 cm³/mol. The number of ether oxygens (including phenoxy) is 1. The fourth-order valence-electron chi connectivity index (χ4n) is 7.76. The van der Waals surface area contributed by atoms with Crippen molar-refractivity contribution in [2.45, 2.75) is 69.1 Å². The highest BCUT2D eigenvalue weighted by atomic mass is 79.9. The largest absolute Gasteiger partial charge is 0.432 e. The van der Waals surface area contributed by atoms with Gasteiger partial charge in [0.05, 0.1) is 37.4 Å². The van der Waals surface area contributed by atoms with Gasteiger partial charge in [-0.15, -0.1) is 0 Å². The minimum atomic E-state index is -2.95. The number of fused-ring (bicyclic) bond motifs is 2. The molecule has 3 amide bonds. The Bertz CT molecular complexity index is 1680. The van der Waals surface area contributed by atoms with Crippen LogP contribution < -0.4 is 16.0 Å². The molecule has 0 saturated carbocycles. The SMILES string of the molecule is C[C@@H]1[C@@H]([Si](C)(C)O)[C@H](CC(=O)N2CCC[C@H]2CO)O[C@@]12C(=O)N(Cc1ccc(NC(=O)c3ccc(N)cc3)cc1)c1ccc(Br)cc12. The molecule has 2 saturated heterocycles. The van der Waals surface area contributed by atoms with E-state index in [1.54, 1.807) is 46.2 Å². The summed E-state index contributed by atoms with van der Waals surface area (Å²) in [5.41, 5.74) is 7.94. The van der Waals surface area contributed by atoms with Crippen molar-refractivity contribution in [3.63, 3.8) is 0 Å². The van der Waals surface area contributed by atoms with Gasteiger partial charge in [0.2, 0.25) is 5.91 Å². The van der Waals surface area contributed by atoms with E-state index in [1.807, 2.05) is 50.3 Å². The van der Waals surface area contributed by atoms with Crippen molar-refractivity contribution in [2.24, 2.45) is 5.92 Å². The van der Waals surface area contributed by atoms with Gasteiger partial charge in [0, 0.05) is 45.0 Å². The van der Waals surface area contributed by atoms with Crippen molar-refractivity contribution < 1.29 is 29.0 Å². The van der Waals surface area contributed by atoms with Gasteiger partial charge in [-0.25, -0.2) is 0 Å². The number of rotatable bonds is 8. The summed E-state index contributed by atoms with van der Waals surface area (Å²) in [5, 5.41) is 12.7. The minimum Gasteiger partial charge on any atom is -0.432 e. The third-order valence-electron chi connectivity index (χ3n) is 9.96. The Hall–Kier alpha value is -3.55. The molecule has 5 N–H and O–H groups in total. The Morgan fingerprint density at radius 3 is 2.47 bits per heavy atom. The van der Waals surface area contributed by atoms with Gasteiger partial charge in [0.1, 0.15) is 0 Å². The van der Waals surface area contributed by atoms with Gasteiger partial charge in [-0.05, 0) is 86.1 Å². The quantitative estimate of drug-likeness (QED) is 0.189. The number of carbonyl (C=O) groups excluding carboxylic acids is 3. The van der Waals surface area contributed by atoms with Gasteiger partial charge in [-0.2, -0.15) is 0 Å². The number of halogens is 1. The molecule has 5 atom stereocenters. The number of amides is 3. The van der Waals surface area contributed by atoms with Crippen molar-refractivity contribution in [3.8, 4) is 0 Å². The van der Waals surface area contributed by atoms with Crippen LogP contribution >= 0.6 is 15.9 Å². The number of hydrogen-bond acceptors (Lipinski definition) is 7. The second-order valence-corrected chi connectivity index (χ2v) is 18.3. The maximum atomic E-state index is 14.7. The number of aliphatic hydroxyl groups excluding tert-OH is 1. The average molecular weight is 722 g/mol. The van der Waals surface area contributed by atoms with Crippen LogP contribution in [0.15, 0.2) is 71.2 Å². The van der Waals surface area contributed by atoms with Crippen molar-refractivity contribution in [1.29, 1.82) is 0 Å². The highest BCUT2D eigenvalue weighted by Gasteiger charge is 2.66. The summed E-state index contributed by atoms with van der Waals surface area (Å²) in [4.78, 5) is 56.0. The first-order valence-corrected chi connectivity index (χ1v) is 19.8. The monoisotopic (exact) mass is 720 g/mol. The van der Waals surface area contributed by atoms with Crippen LogP contribution in [0.25, 0.3) is 0 Å². The fraction of sp³-hybridized carbons (Fsp3) is 0.400. The highest BCUT2D eigenvalue weighted by Crippen LogP contribution is 2.60. The molecule has 0 radical (unpaired) electrons. The number of hydrogen-bond donors (Lipinski definition) is 4. The molecule has 2 fully saturated rings. The van der Waals surface area contributed by atoms with Gasteiger partial charge in [0.25, 0.3) is 11.8 Å². The zero-order valence-electron chi connectivity index (χ0n) is 26.8. The lowest BCUT2D eigenvalue weighted by Gasteiger charge is -2.32. The minimum absolute atomic E-state index is 0.0322. The smallest absolute Gasteiger partial charge is 0.264 e. The number of nitrogens with two attached hydrogens (primary N) is 1. The Labute approximate surface area is 284 Å². The van der Waals surface area contributed by atoms with Crippen molar-refractivity contribution in [1.82, 2.24) is 4.90 Å². The van der Waals surface area contributed by atoms with Crippen LogP contribution in [0, 0.1) is 5.92 Å². The van der Waals surface area contributed by atoms with Crippen LogP contribution in [0.5, 0.6) is 0 Å². The first-order chi connectivity index (χ1) is 22.3. The van der Waals surface area contributed by atoms with Crippen LogP contribution in [-0.2, 0) is 26.5 Å². The maximum Gasteiger partial charge on any atom is 0.264 e. The van der Waals surface area contributed by atoms with Crippen molar-refractivity contribution in [2.75, 3.05) is 29.1 Å². The Kier molecular flexibility index (Phi) is 9.09. The number of carbonyl (C=O) groups is 3. The zero-order valence-corrected chi connectivity index (χ0v) is 29.4. The summed E-state index contributed by atoms with van der Waals surface area (Å²) >= 11 is 3.59. The zero-order chi connectivity index (χ0) is 33.7. The molecule has 0 bridgehead atoms. The molecule has 3 heterocycles. The lowest BCUT2D eigenvalue weighted by molar-refractivity contribution is -0.150. The molecule has 248 valence electrons. The van der Waals surface area contributed by atoms with Crippen LogP contribution in [0.2, 0.25) is 18.6 Å². The summed E-state index contributed by atoms with van der Waals surface area (Å²) in [7, 11) is -2.95. The topological polar surface area (TPSA) is 145 Å². The van der Waals surface area contributed by atoms with Crippen molar-refractivity contribution >= 4 is 59.0 Å². The molecule has 3 aromatic carbocycles. The van der Waals surface area contributed by atoms with Gasteiger partial charge in [-0.3, -0.25) is 14.4 Å². The highest BCUT2D eigenvalue weighted by molar-refractivity contribution is 9.10. The first kappa shape index (κ1) is 33.4. The first-order valence-electron chi connectivity index (χ1n) is 16.0. The second-order valence-electron chi connectivity index (χ2n) is 13.5. The van der Waals surface area contributed by atoms with Crippen molar-refractivity contribution in [3.05, 3.63) is 87.9 Å². The standard InChI is InChI=1S/C35H41BrN4O6Si/c1-21-32(47(2,3)45)30(18-31(42)39-16-4-5-27(39)20-41)46-35(21)28-17-24(36)10-15-29(28)40(34(35)44)19-22-6-13-26(14-7-22)38-33(43)23-8-11-25(37)12-9-23/h6-15,17,21,27,30,32,41,45H,4-5,16,18-20,37H2,1-3H3,(H,38,43)/t21-,27+,30+,32-,35+/m1/s1. The van der Waals surface area contributed by atoms with Gasteiger partial charge in [0.15, 0.2) is 13.9 Å². The molecular weight excluding hydrogens is 680 g/mol. The number of nitrogens with one attached hydrogen (secondary N) is 1. The molecule has 12 heteroatoms. The Balaban J connectivity index is 1.27. The molecule has 0 aliphatic carbocycles. The third kappa shape index (κ3) is 6.13.